The predicted octanol–water partition coefficient (Wildman–Crippen LogP) is 4.31. The highest BCUT2D eigenvalue weighted by Crippen LogP contribution is 2.51. The molecule has 0 aromatic heterocycles. The van der Waals surface area contributed by atoms with E-state index in [0.29, 0.717) is 31.6 Å². The molecular weight excluding hydrogens is 392 g/mol. The Hall–Kier alpha value is -1.40. The molecule has 2 aromatic rings. The molecule has 0 saturated heterocycles. The second-order valence-electron chi connectivity index (χ2n) is 3.95. The molecule has 6 heteroatoms. The van der Waals surface area contributed by atoms with Crippen LogP contribution in [0.2, 0.25) is 0 Å². The van der Waals surface area contributed by atoms with Gasteiger partial charge in [0.1, 0.15) is 23.0 Å². The first kappa shape index (κ1) is 15.0. The van der Waals surface area contributed by atoms with Crippen LogP contribution >= 0.6 is 31.9 Å². The van der Waals surface area contributed by atoms with Crippen molar-refractivity contribution >= 4 is 31.9 Å². The maximum absolute atomic E-state index is 10.3. The molecule has 20 heavy (non-hydrogen) atoms. The van der Waals surface area contributed by atoms with Gasteiger partial charge in [0.05, 0.1) is 34.3 Å². The van der Waals surface area contributed by atoms with Gasteiger partial charge in [0, 0.05) is 0 Å². The van der Waals surface area contributed by atoms with Gasteiger partial charge in [0.25, 0.3) is 0 Å². The van der Waals surface area contributed by atoms with Gasteiger partial charge in [-0.25, -0.2) is 0 Å². The molecule has 0 radical (unpaired) electrons. The van der Waals surface area contributed by atoms with Crippen LogP contribution in [0, 0.1) is 0 Å². The van der Waals surface area contributed by atoms with Crippen LogP contribution in [0.3, 0.4) is 0 Å². The number of phenolic OH excluding ortho intramolecular Hbond substituents is 2. The van der Waals surface area contributed by atoms with Crippen molar-refractivity contribution in [3.8, 4) is 34.1 Å². The lowest BCUT2D eigenvalue weighted by Gasteiger charge is -2.16. The van der Waals surface area contributed by atoms with Crippen molar-refractivity contribution < 1.29 is 19.7 Å². The Kier molecular flexibility index (Phi) is 4.45. The summed E-state index contributed by atoms with van der Waals surface area (Å²) < 4.78 is 11.5. The number of methoxy groups -OCH3 is 2. The number of rotatable bonds is 3. The van der Waals surface area contributed by atoms with Crippen molar-refractivity contribution in [2.45, 2.75) is 0 Å². The molecular formula is C14H12Br2O4. The minimum Gasteiger partial charge on any atom is -0.506 e. The number of phenols is 2. The minimum atomic E-state index is -0.0314. The minimum absolute atomic E-state index is 0.0314. The maximum atomic E-state index is 10.3. The van der Waals surface area contributed by atoms with Crippen molar-refractivity contribution in [3.05, 3.63) is 33.2 Å². The molecule has 0 bridgehead atoms. The maximum Gasteiger partial charge on any atom is 0.141 e. The van der Waals surface area contributed by atoms with E-state index < -0.39 is 0 Å². The summed E-state index contributed by atoms with van der Waals surface area (Å²) in [5.74, 6) is 0.793. The third-order valence-electron chi connectivity index (χ3n) is 2.87. The Morgan fingerprint density at radius 2 is 1.10 bits per heavy atom. The average Bonchev–Trinajstić information content (AvgIpc) is 2.45. The van der Waals surface area contributed by atoms with Crippen LogP contribution < -0.4 is 9.47 Å². The van der Waals surface area contributed by atoms with E-state index >= 15 is 0 Å². The fourth-order valence-electron chi connectivity index (χ4n) is 1.92. The molecule has 2 rings (SSSR count). The Balaban J connectivity index is 2.87. The number of benzene rings is 2. The summed E-state index contributed by atoms with van der Waals surface area (Å²) in [6.07, 6.45) is 0. The first-order valence-electron chi connectivity index (χ1n) is 5.62. The van der Waals surface area contributed by atoms with Crippen molar-refractivity contribution in [2.24, 2.45) is 0 Å². The number of aromatic hydroxyl groups is 2. The van der Waals surface area contributed by atoms with E-state index in [0.717, 1.165) is 0 Å². The van der Waals surface area contributed by atoms with Crippen molar-refractivity contribution in [1.29, 1.82) is 0 Å². The molecule has 2 N–H and O–H groups in total. The first-order chi connectivity index (χ1) is 9.51. The van der Waals surface area contributed by atoms with Crippen LogP contribution in [0.5, 0.6) is 23.0 Å². The molecule has 4 nitrogen and oxygen atoms in total. The van der Waals surface area contributed by atoms with Gasteiger partial charge in [-0.3, -0.25) is 0 Å². The molecule has 0 amide bonds. The monoisotopic (exact) mass is 402 g/mol. The quantitative estimate of drug-likeness (QED) is 0.801. The summed E-state index contributed by atoms with van der Waals surface area (Å²) in [6, 6.07) is 6.72. The van der Waals surface area contributed by atoms with E-state index in [2.05, 4.69) is 31.9 Å². The highest BCUT2D eigenvalue weighted by atomic mass is 79.9. The van der Waals surface area contributed by atoms with Crippen LogP contribution in [0.4, 0.5) is 0 Å². The fraction of sp³-hybridized carbons (Fsp3) is 0.143. The molecule has 0 spiro atoms. The molecule has 0 fully saturated rings. The molecule has 106 valence electrons. The van der Waals surface area contributed by atoms with E-state index in [4.69, 9.17) is 9.47 Å². The van der Waals surface area contributed by atoms with Gasteiger partial charge < -0.3 is 19.7 Å². The fourth-order valence-corrected chi connectivity index (χ4v) is 2.58. The first-order valence-corrected chi connectivity index (χ1v) is 7.21. The van der Waals surface area contributed by atoms with Crippen LogP contribution in [-0.2, 0) is 0 Å². The van der Waals surface area contributed by atoms with E-state index in [1.54, 1.807) is 24.3 Å². The Labute approximate surface area is 133 Å². The van der Waals surface area contributed by atoms with Gasteiger partial charge in [0.15, 0.2) is 0 Å². The van der Waals surface area contributed by atoms with E-state index in [-0.39, 0.29) is 11.5 Å². The van der Waals surface area contributed by atoms with Crippen LogP contribution in [0.1, 0.15) is 0 Å². The Morgan fingerprint density at radius 1 is 0.750 bits per heavy atom. The number of halogens is 2. The van der Waals surface area contributed by atoms with Gasteiger partial charge >= 0.3 is 0 Å². The molecule has 0 aliphatic rings. The summed E-state index contributed by atoms with van der Waals surface area (Å²) in [7, 11) is 2.99. The van der Waals surface area contributed by atoms with E-state index in [1.807, 2.05) is 0 Å². The van der Waals surface area contributed by atoms with E-state index in [9.17, 15) is 10.2 Å². The Bertz CT molecular complexity index is 599. The van der Waals surface area contributed by atoms with Gasteiger partial charge in [-0.1, -0.05) is 0 Å². The predicted molar refractivity (Wildman–Crippen MR) is 83.7 cm³/mol. The molecule has 0 atom stereocenters. The molecule has 0 heterocycles. The lowest BCUT2D eigenvalue weighted by Crippen LogP contribution is -1.94. The second-order valence-corrected chi connectivity index (χ2v) is 5.66. The highest BCUT2D eigenvalue weighted by molar-refractivity contribution is 9.11. The summed E-state index contributed by atoms with van der Waals surface area (Å²) in [4.78, 5) is 0. The molecule has 0 saturated carbocycles. The average molecular weight is 404 g/mol. The number of hydrogen-bond donors (Lipinski definition) is 2. The van der Waals surface area contributed by atoms with Crippen molar-refractivity contribution in [3.63, 3.8) is 0 Å². The third-order valence-corrected chi connectivity index (χ3v) is 4.15. The summed E-state index contributed by atoms with van der Waals surface area (Å²) >= 11 is 6.51. The third kappa shape index (κ3) is 2.45. The van der Waals surface area contributed by atoms with Gasteiger partial charge in [-0.2, -0.15) is 0 Å². The number of hydrogen-bond acceptors (Lipinski definition) is 4. The zero-order chi connectivity index (χ0) is 14.9. The second kappa shape index (κ2) is 5.93. The number of ether oxygens (including phenoxy) is 2. The zero-order valence-electron chi connectivity index (χ0n) is 10.8. The molecule has 0 aliphatic heterocycles. The van der Waals surface area contributed by atoms with Crippen LogP contribution in [0.15, 0.2) is 33.2 Å². The van der Waals surface area contributed by atoms with Gasteiger partial charge in [0.2, 0.25) is 0 Å². The van der Waals surface area contributed by atoms with Crippen LogP contribution in [-0.4, -0.2) is 24.4 Å². The molecule has 0 unspecified atom stereocenters. The van der Waals surface area contributed by atoms with Crippen LogP contribution in [0.25, 0.3) is 11.1 Å². The Morgan fingerprint density at radius 3 is 1.40 bits per heavy atom. The summed E-state index contributed by atoms with van der Waals surface area (Å²) in [5, 5.41) is 20.6. The van der Waals surface area contributed by atoms with Gasteiger partial charge in [-0.05, 0) is 56.1 Å². The largest absolute Gasteiger partial charge is 0.506 e. The lowest BCUT2D eigenvalue weighted by atomic mass is 10.0. The summed E-state index contributed by atoms with van der Waals surface area (Å²) in [6.45, 7) is 0. The topological polar surface area (TPSA) is 58.9 Å². The van der Waals surface area contributed by atoms with Crippen molar-refractivity contribution in [1.82, 2.24) is 0 Å². The zero-order valence-corrected chi connectivity index (χ0v) is 13.9. The van der Waals surface area contributed by atoms with Gasteiger partial charge in [-0.15, -0.1) is 0 Å². The van der Waals surface area contributed by atoms with E-state index in [1.165, 1.54) is 14.2 Å². The van der Waals surface area contributed by atoms with Crippen molar-refractivity contribution in [2.75, 3.05) is 14.2 Å². The SMILES string of the molecule is COc1ccc(Br)c(O)c1-c1c(OC)ccc(Br)c1O. The molecule has 0 aliphatic carbocycles. The summed E-state index contributed by atoms with van der Waals surface area (Å²) in [5.41, 5.74) is 0.718. The smallest absolute Gasteiger partial charge is 0.141 e. The lowest BCUT2D eigenvalue weighted by molar-refractivity contribution is 0.399. The normalized spacial score (nSPS) is 10.4. The standard InChI is InChI=1S/C14H12Br2O4/c1-19-9-5-3-7(15)13(17)11(9)12-10(20-2)6-4-8(16)14(12)18/h3-6,17-18H,1-2H3. The highest BCUT2D eigenvalue weighted by Gasteiger charge is 2.22. The molecule has 2 aromatic carbocycles.